The van der Waals surface area contributed by atoms with Crippen LogP contribution in [-0.4, -0.2) is 70.3 Å². The maximum absolute atomic E-state index is 13.1. The van der Waals surface area contributed by atoms with E-state index in [9.17, 15) is 9.59 Å². The highest BCUT2D eigenvalue weighted by Crippen LogP contribution is 2.30. The zero-order valence-corrected chi connectivity index (χ0v) is 16.1. The molecule has 146 valence electrons. The third kappa shape index (κ3) is 3.75. The van der Waals surface area contributed by atoms with Crippen LogP contribution < -0.4 is 4.90 Å². The van der Waals surface area contributed by atoms with E-state index in [0.717, 1.165) is 18.5 Å². The first-order valence-corrected chi connectivity index (χ1v) is 9.81. The lowest BCUT2D eigenvalue weighted by Crippen LogP contribution is -2.53. The number of rotatable bonds is 3. The summed E-state index contributed by atoms with van der Waals surface area (Å²) in [5, 5.41) is 0. The second kappa shape index (κ2) is 8.06. The molecule has 1 atom stereocenters. The molecule has 1 saturated heterocycles. The fourth-order valence-corrected chi connectivity index (χ4v) is 4.02. The van der Waals surface area contributed by atoms with Crippen LogP contribution in [0.25, 0.3) is 0 Å². The molecule has 0 N–H and O–H groups in total. The zero-order valence-electron chi connectivity index (χ0n) is 16.1. The molecule has 1 aromatic heterocycles. The number of amides is 2. The number of hydrogen-bond acceptors (Lipinski definition) is 5. The smallest absolute Gasteiger partial charge is 0.274 e. The Morgan fingerprint density at radius 2 is 1.89 bits per heavy atom. The van der Waals surface area contributed by atoms with Gasteiger partial charge in [0, 0.05) is 50.3 Å². The van der Waals surface area contributed by atoms with Gasteiger partial charge in [-0.25, -0.2) is 4.98 Å². The molecule has 0 aliphatic carbocycles. The van der Waals surface area contributed by atoms with E-state index in [2.05, 4.69) is 27.9 Å². The Hall–Kier alpha value is -2.80. The molecule has 2 aliphatic heterocycles. The number of nitrogens with zero attached hydrogens (tertiary/aromatic N) is 5. The Bertz CT molecular complexity index is 849. The van der Waals surface area contributed by atoms with Crippen molar-refractivity contribution >= 4 is 17.5 Å². The number of aromatic nitrogens is 2. The number of carbonyl (C=O) groups is 2. The number of fused-ring (bicyclic) bond motifs is 1. The predicted octanol–water partition coefficient (Wildman–Crippen LogP) is 1.60. The first kappa shape index (κ1) is 18.6. The first-order valence-electron chi connectivity index (χ1n) is 9.81. The van der Waals surface area contributed by atoms with Crippen LogP contribution in [0.15, 0.2) is 42.9 Å². The Labute approximate surface area is 165 Å². The molecule has 1 fully saturated rings. The van der Waals surface area contributed by atoms with Crippen LogP contribution >= 0.6 is 0 Å². The summed E-state index contributed by atoms with van der Waals surface area (Å²) in [5.41, 5.74) is 2.65. The number of carbonyl (C=O) groups excluding carboxylic acids is 2. The van der Waals surface area contributed by atoms with E-state index in [-0.39, 0.29) is 17.9 Å². The summed E-state index contributed by atoms with van der Waals surface area (Å²) in [6.45, 7) is 5.05. The highest BCUT2D eigenvalue weighted by atomic mass is 16.2. The van der Waals surface area contributed by atoms with Crippen molar-refractivity contribution in [1.82, 2.24) is 19.8 Å². The molecule has 7 heteroatoms. The van der Waals surface area contributed by atoms with Gasteiger partial charge in [0.15, 0.2) is 0 Å². The van der Waals surface area contributed by atoms with Crippen LogP contribution in [0.2, 0.25) is 0 Å². The number of hydrogen-bond donors (Lipinski definition) is 0. The van der Waals surface area contributed by atoms with Crippen LogP contribution in [0.5, 0.6) is 0 Å². The van der Waals surface area contributed by atoms with Crippen LogP contribution in [0.4, 0.5) is 5.69 Å². The third-order valence-corrected chi connectivity index (χ3v) is 5.59. The lowest BCUT2D eigenvalue weighted by Gasteiger charge is -2.38. The van der Waals surface area contributed by atoms with E-state index in [1.165, 1.54) is 18.0 Å². The number of piperazine rings is 1. The molecule has 0 saturated carbocycles. The molecule has 2 aliphatic rings. The van der Waals surface area contributed by atoms with Crippen molar-refractivity contribution in [2.24, 2.45) is 0 Å². The average Bonchev–Trinajstić information content (AvgIpc) is 2.74. The van der Waals surface area contributed by atoms with Crippen LogP contribution in [0.1, 0.15) is 29.4 Å². The lowest BCUT2D eigenvalue weighted by molar-refractivity contribution is -0.120. The Morgan fingerprint density at radius 3 is 2.64 bits per heavy atom. The van der Waals surface area contributed by atoms with Gasteiger partial charge in [-0.1, -0.05) is 18.2 Å². The second-order valence-corrected chi connectivity index (χ2v) is 7.44. The highest BCUT2D eigenvalue weighted by Gasteiger charge is 2.30. The number of aryl methyl sites for hydroxylation is 1. The van der Waals surface area contributed by atoms with Gasteiger partial charge < -0.3 is 9.80 Å². The van der Waals surface area contributed by atoms with Crippen molar-refractivity contribution in [2.45, 2.75) is 25.8 Å². The summed E-state index contributed by atoms with van der Waals surface area (Å²) >= 11 is 0. The quantitative estimate of drug-likeness (QED) is 0.810. The molecular weight excluding hydrogens is 354 g/mol. The fraction of sp³-hybridized carbons (Fsp3) is 0.429. The fourth-order valence-electron chi connectivity index (χ4n) is 4.02. The summed E-state index contributed by atoms with van der Waals surface area (Å²) < 4.78 is 0. The van der Waals surface area contributed by atoms with E-state index in [1.54, 1.807) is 11.1 Å². The molecule has 3 heterocycles. The van der Waals surface area contributed by atoms with Crippen molar-refractivity contribution in [1.29, 1.82) is 0 Å². The van der Waals surface area contributed by atoms with E-state index in [4.69, 9.17) is 0 Å². The van der Waals surface area contributed by atoms with Crippen molar-refractivity contribution < 1.29 is 9.59 Å². The maximum Gasteiger partial charge on any atom is 0.274 e. The van der Waals surface area contributed by atoms with E-state index in [1.807, 2.05) is 23.1 Å². The number of anilines is 1. The van der Waals surface area contributed by atoms with Crippen LogP contribution in [-0.2, 0) is 11.2 Å². The molecule has 2 amide bonds. The molecule has 0 bridgehead atoms. The number of benzene rings is 1. The molecule has 4 rings (SSSR count). The Kier molecular flexibility index (Phi) is 5.34. The molecule has 0 radical (unpaired) electrons. The topological polar surface area (TPSA) is 69.6 Å². The molecule has 7 nitrogen and oxygen atoms in total. The third-order valence-electron chi connectivity index (χ3n) is 5.59. The molecule has 28 heavy (non-hydrogen) atoms. The largest absolute Gasteiger partial charge is 0.335 e. The van der Waals surface area contributed by atoms with Gasteiger partial charge in [0.2, 0.25) is 5.91 Å². The van der Waals surface area contributed by atoms with E-state index >= 15 is 0 Å². The predicted molar refractivity (Wildman–Crippen MR) is 106 cm³/mol. The maximum atomic E-state index is 13.1. The van der Waals surface area contributed by atoms with Gasteiger partial charge in [-0.2, -0.15) is 0 Å². The summed E-state index contributed by atoms with van der Waals surface area (Å²) in [7, 11) is 0. The van der Waals surface area contributed by atoms with Gasteiger partial charge in [-0.3, -0.25) is 19.5 Å². The van der Waals surface area contributed by atoms with Crippen molar-refractivity contribution in [2.75, 3.05) is 37.6 Å². The minimum absolute atomic E-state index is 0.0994. The van der Waals surface area contributed by atoms with Gasteiger partial charge >= 0.3 is 0 Å². The summed E-state index contributed by atoms with van der Waals surface area (Å²) in [4.78, 5) is 39.5. The van der Waals surface area contributed by atoms with Crippen LogP contribution in [0.3, 0.4) is 0 Å². The standard InChI is InChI=1S/C21H25N5O2/c1-16-6-7-17-4-2-3-5-19(17)26(16)20(27)15-24-10-12-25(13-11-24)21(28)18-14-22-8-9-23-18/h2-5,8-9,14,16H,6-7,10-13,15H2,1H3. The molecular formula is C21H25N5O2. The van der Waals surface area contributed by atoms with E-state index < -0.39 is 0 Å². The zero-order chi connectivity index (χ0) is 19.5. The monoisotopic (exact) mass is 379 g/mol. The van der Waals surface area contributed by atoms with E-state index in [0.29, 0.717) is 38.4 Å². The van der Waals surface area contributed by atoms with Crippen molar-refractivity contribution in [3.05, 3.63) is 54.1 Å². The summed E-state index contributed by atoms with van der Waals surface area (Å²) in [5.74, 6) is 0.0333. The average molecular weight is 379 g/mol. The minimum Gasteiger partial charge on any atom is -0.335 e. The second-order valence-electron chi connectivity index (χ2n) is 7.44. The van der Waals surface area contributed by atoms with Gasteiger partial charge in [0.05, 0.1) is 12.7 Å². The molecule has 0 spiro atoms. The van der Waals surface area contributed by atoms with Gasteiger partial charge in [-0.05, 0) is 31.4 Å². The minimum atomic E-state index is -0.0994. The SMILES string of the molecule is CC1CCc2ccccc2N1C(=O)CN1CCN(C(=O)c2cnccn2)CC1. The van der Waals surface area contributed by atoms with Gasteiger partial charge in [0.1, 0.15) is 5.69 Å². The first-order chi connectivity index (χ1) is 13.6. The molecule has 2 aromatic rings. The van der Waals surface area contributed by atoms with Gasteiger partial charge in [0.25, 0.3) is 5.91 Å². The lowest BCUT2D eigenvalue weighted by atomic mass is 9.96. The normalized spacial score (nSPS) is 20.0. The number of para-hydroxylation sites is 1. The van der Waals surface area contributed by atoms with Gasteiger partial charge in [-0.15, -0.1) is 0 Å². The summed E-state index contributed by atoms with van der Waals surface area (Å²) in [6.07, 6.45) is 6.58. The van der Waals surface area contributed by atoms with Crippen molar-refractivity contribution in [3.63, 3.8) is 0 Å². The van der Waals surface area contributed by atoms with Crippen molar-refractivity contribution in [3.8, 4) is 0 Å². The Morgan fingerprint density at radius 1 is 1.11 bits per heavy atom. The molecule has 1 aromatic carbocycles. The van der Waals surface area contributed by atoms with Crippen LogP contribution in [0, 0.1) is 0 Å². The summed E-state index contributed by atoms with van der Waals surface area (Å²) in [6, 6.07) is 8.39. The molecule has 1 unspecified atom stereocenters. The Balaban J connectivity index is 1.36. The highest BCUT2D eigenvalue weighted by molar-refractivity contribution is 5.96.